The highest BCUT2D eigenvalue weighted by molar-refractivity contribution is 6.11. The van der Waals surface area contributed by atoms with E-state index >= 15 is 0 Å². The first-order valence-corrected chi connectivity index (χ1v) is 6.40. The fourth-order valence-corrected chi connectivity index (χ4v) is 2.57. The molecule has 0 aromatic heterocycles. The maximum Gasteiger partial charge on any atom is 0.169 e. The van der Waals surface area contributed by atoms with Crippen LogP contribution in [0.4, 0.5) is 0 Å². The molecule has 3 heteroatoms. The molecule has 0 unspecified atom stereocenters. The van der Waals surface area contributed by atoms with Crippen molar-refractivity contribution in [3.63, 3.8) is 0 Å². The number of methoxy groups -OCH3 is 3. The number of hydrogen-bond donors (Lipinski definition) is 0. The quantitative estimate of drug-likeness (QED) is 0.671. The van der Waals surface area contributed by atoms with Gasteiger partial charge in [0.2, 0.25) is 0 Å². The summed E-state index contributed by atoms with van der Waals surface area (Å²) in [6.07, 6.45) is 0. The Kier molecular flexibility index (Phi) is 3.11. The van der Waals surface area contributed by atoms with Crippen LogP contribution in [0.3, 0.4) is 0 Å². The van der Waals surface area contributed by atoms with Gasteiger partial charge in [-0.15, -0.1) is 0 Å². The second kappa shape index (κ2) is 4.93. The molecule has 0 fully saturated rings. The summed E-state index contributed by atoms with van der Waals surface area (Å²) in [5.74, 6) is 2.35. The lowest BCUT2D eigenvalue weighted by Crippen LogP contribution is -1.92. The Hall–Kier alpha value is -2.42. The van der Waals surface area contributed by atoms with E-state index in [1.54, 1.807) is 21.3 Å². The first-order valence-electron chi connectivity index (χ1n) is 6.40. The first kappa shape index (κ1) is 12.6. The zero-order chi connectivity index (χ0) is 14.1. The molecule has 0 bridgehead atoms. The highest BCUT2D eigenvalue weighted by atomic mass is 16.5. The largest absolute Gasteiger partial charge is 0.497 e. The Morgan fingerprint density at radius 3 is 2.15 bits per heavy atom. The molecular weight excluding hydrogens is 252 g/mol. The Morgan fingerprint density at radius 1 is 0.700 bits per heavy atom. The van der Waals surface area contributed by atoms with Gasteiger partial charge in [0.15, 0.2) is 11.5 Å². The fraction of sp³-hybridized carbons (Fsp3) is 0.176. The molecule has 20 heavy (non-hydrogen) atoms. The summed E-state index contributed by atoms with van der Waals surface area (Å²) in [5, 5.41) is 4.43. The number of fused-ring (bicyclic) bond motifs is 3. The van der Waals surface area contributed by atoms with Crippen molar-refractivity contribution in [1.29, 1.82) is 0 Å². The lowest BCUT2D eigenvalue weighted by Gasteiger charge is -2.13. The van der Waals surface area contributed by atoms with Crippen LogP contribution in [-0.2, 0) is 0 Å². The summed E-state index contributed by atoms with van der Waals surface area (Å²) in [6, 6.07) is 14.2. The lowest BCUT2D eigenvalue weighted by molar-refractivity contribution is 0.359. The molecule has 0 N–H and O–H groups in total. The smallest absolute Gasteiger partial charge is 0.169 e. The van der Waals surface area contributed by atoms with Crippen LogP contribution in [0, 0.1) is 0 Å². The molecule has 0 amide bonds. The van der Waals surface area contributed by atoms with Crippen LogP contribution in [0.15, 0.2) is 42.5 Å². The number of rotatable bonds is 3. The molecule has 0 saturated heterocycles. The summed E-state index contributed by atoms with van der Waals surface area (Å²) in [4.78, 5) is 0. The van der Waals surface area contributed by atoms with Crippen molar-refractivity contribution in [2.75, 3.05) is 21.3 Å². The predicted octanol–water partition coefficient (Wildman–Crippen LogP) is 4.02. The van der Waals surface area contributed by atoms with Crippen molar-refractivity contribution in [2.45, 2.75) is 0 Å². The summed E-state index contributed by atoms with van der Waals surface area (Å²) in [5.41, 5.74) is 0. The van der Waals surface area contributed by atoms with Gasteiger partial charge in [0.05, 0.1) is 21.3 Å². The van der Waals surface area contributed by atoms with Gasteiger partial charge in [0, 0.05) is 5.39 Å². The lowest BCUT2D eigenvalue weighted by atomic mass is 10.0. The SMILES string of the molecule is COc1ccc2c(ccc3ccc(OC)c(OC)c32)c1. The van der Waals surface area contributed by atoms with Gasteiger partial charge >= 0.3 is 0 Å². The molecule has 3 aromatic carbocycles. The van der Waals surface area contributed by atoms with E-state index in [1.165, 1.54) is 0 Å². The van der Waals surface area contributed by atoms with Crippen molar-refractivity contribution in [2.24, 2.45) is 0 Å². The van der Waals surface area contributed by atoms with Crippen LogP contribution in [0.25, 0.3) is 21.5 Å². The standard InChI is InChI=1S/C17H16O3/c1-18-13-7-8-14-12(10-13)5-4-11-6-9-15(19-2)17(20-3)16(11)14/h4-10H,1-3H3. The van der Waals surface area contributed by atoms with Crippen LogP contribution in [0.2, 0.25) is 0 Å². The molecule has 0 aliphatic heterocycles. The first-order chi connectivity index (χ1) is 9.78. The normalized spacial score (nSPS) is 10.8. The molecule has 3 nitrogen and oxygen atoms in total. The van der Waals surface area contributed by atoms with Crippen LogP contribution < -0.4 is 14.2 Å². The van der Waals surface area contributed by atoms with E-state index in [0.29, 0.717) is 0 Å². The molecule has 3 aromatic rings. The summed E-state index contributed by atoms with van der Waals surface area (Å²) >= 11 is 0. The third-order valence-electron chi connectivity index (χ3n) is 3.55. The Labute approximate surface area is 117 Å². The molecule has 0 aliphatic carbocycles. The Morgan fingerprint density at radius 2 is 1.45 bits per heavy atom. The number of ether oxygens (including phenoxy) is 3. The van der Waals surface area contributed by atoms with Gasteiger partial charge in [-0.05, 0) is 40.4 Å². The van der Waals surface area contributed by atoms with Crippen molar-refractivity contribution in [3.8, 4) is 17.2 Å². The Bertz CT molecular complexity index is 778. The topological polar surface area (TPSA) is 27.7 Å². The fourth-order valence-electron chi connectivity index (χ4n) is 2.57. The second-order valence-electron chi connectivity index (χ2n) is 4.55. The molecular formula is C17H16O3. The molecule has 0 saturated carbocycles. The van der Waals surface area contributed by atoms with Crippen LogP contribution in [-0.4, -0.2) is 21.3 Å². The van der Waals surface area contributed by atoms with Gasteiger partial charge in [-0.3, -0.25) is 0 Å². The maximum absolute atomic E-state index is 5.56. The molecule has 102 valence electrons. The average Bonchev–Trinajstić information content (AvgIpc) is 2.52. The van der Waals surface area contributed by atoms with E-state index in [1.807, 2.05) is 24.3 Å². The highest BCUT2D eigenvalue weighted by Gasteiger charge is 2.12. The van der Waals surface area contributed by atoms with E-state index in [-0.39, 0.29) is 0 Å². The third-order valence-corrected chi connectivity index (χ3v) is 3.55. The van der Waals surface area contributed by atoms with E-state index in [2.05, 4.69) is 18.2 Å². The minimum absolute atomic E-state index is 0.739. The number of hydrogen-bond acceptors (Lipinski definition) is 3. The zero-order valence-electron chi connectivity index (χ0n) is 11.8. The van der Waals surface area contributed by atoms with Crippen LogP contribution >= 0.6 is 0 Å². The van der Waals surface area contributed by atoms with Gasteiger partial charge in [0.1, 0.15) is 5.75 Å². The highest BCUT2D eigenvalue weighted by Crippen LogP contribution is 2.40. The Balaban J connectivity index is 2.44. The molecule has 0 spiro atoms. The van der Waals surface area contributed by atoms with E-state index < -0.39 is 0 Å². The van der Waals surface area contributed by atoms with E-state index in [9.17, 15) is 0 Å². The van der Waals surface area contributed by atoms with Crippen molar-refractivity contribution >= 4 is 21.5 Å². The van der Waals surface area contributed by atoms with Crippen molar-refractivity contribution in [3.05, 3.63) is 42.5 Å². The molecule has 3 rings (SSSR count). The van der Waals surface area contributed by atoms with Gasteiger partial charge in [-0.25, -0.2) is 0 Å². The monoisotopic (exact) mass is 268 g/mol. The van der Waals surface area contributed by atoms with Gasteiger partial charge < -0.3 is 14.2 Å². The molecule has 0 heterocycles. The molecule has 0 atom stereocenters. The molecule has 0 aliphatic rings. The van der Waals surface area contributed by atoms with Crippen molar-refractivity contribution < 1.29 is 14.2 Å². The minimum atomic E-state index is 0.739. The molecule has 0 radical (unpaired) electrons. The summed E-state index contributed by atoms with van der Waals surface area (Å²) < 4.78 is 16.2. The average molecular weight is 268 g/mol. The van der Waals surface area contributed by atoms with Crippen LogP contribution in [0.5, 0.6) is 17.2 Å². The van der Waals surface area contributed by atoms with Crippen molar-refractivity contribution in [1.82, 2.24) is 0 Å². The number of benzene rings is 3. The predicted molar refractivity (Wildman–Crippen MR) is 81.1 cm³/mol. The van der Waals surface area contributed by atoms with Gasteiger partial charge in [-0.2, -0.15) is 0 Å². The maximum atomic E-state index is 5.56. The van der Waals surface area contributed by atoms with Gasteiger partial charge in [-0.1, -0.05) is 18.2 Å². The van der Waals surface area contributed by atoms with Crippen LogP contribution in [0.1, 0.15) is 0 Å². The zero-order valence-corrected chi connectivity index (χ0v) is 11.8. The van der Waals surface area contributed by atoms with Gasteiger partial charge in [0.25, 0.3) is 0 Å². The van der Waals surface area contributed by atoms with E-state index in [0.717, 1.165) is 38.8 Å². The second-order valence-corrected chi connectivity index (χ2v) is 4.55. The summed E-state index contributed by atoms with van der Waals surface area (Å²) in [7, 11) is 4.99. The summed E-state index contributed by atoms with van der Waals surface area (Å²) in [6.45, 7) is 0. The third kappa shape index (κ3) is 1.83. The van der Waals surface area contributed by atoms with E-state index in [4.69, 9.17) is 14.2 Å². The minimum Gasteiger partial charge on any atom is -0.497 e.